The van der Waals surface area contributed by atoms with Crippen molar-refractivity contribution in [3.05, 3.63) is 18.0 Å². The molecule has 1 aromatic heterocycles. The lowest BCUT2D eigenvalue weighted by Crippen LogP contribution is -2.57. The minimum Gasteiger partial charge on any atom is -0.353 e. The molecule has 6 nitrogen and oxygen atoms in total. The van der Waals surface area contributed by atoms with Crippen molar-refractivity contribution in [3.63, 3.8) is 0 Å². The third-order valence-corrected chi connectivity index (χ3v) is 3.02. The van der Waals surface area contributed by atoms with Gasteiger partial charge in [-0.15, -0.1) is 0 Å². The summed E-state index contributed by atoms with van der Waals surface area (Å²) < 4.78 is 1.53. The number of hydrogen-bond acceptors (Lipinski definition) is 3. The van der Waals surface area contributed by atoms with E-state index in [2.05, 4.69) is 10.4 Å². The Kier molecular flexibility index (Phi) is 3.12. The van der Waals surface area contributed by atoms with Gasteiger partial charge in [0.05, 0.1) is 0 Å². The fourth-order valence-electron chi connectivity index (χ4n) is 2.09. The summed E-state index contributed by atoms with van der Waals surface area (Å²) in [7, 11) is 1.72. The minimum absolute atomic E-state index is 0.0748. The second-order valence-corrected chi connectivity index (χ2v) is 4.05. The van der Waals surface area contributed by atoms with Crippen LogP contribution in [0.1, 0.15) is 23.8 Å². The highest BCUT2D eigenvalue weighted by Gasteiger charge is 2.32. The third kappa shape index (κ3) is 2.02. The molecule has 1 aliphatic heterocycles. The molecular weight excluding hydrogens is 220 g/mol. The van der Waals surface area contributed by atoms with Crippen molar-refractivity contribution in [2.45, 2.75) is 19.4 Å². The highest BCUT2D eigenvalue weighted by molar-refractivity contribution is 5.96. The van der Waals surface area contributed by atoms with Crippen LogP contribution >= 0.6 is 0 Å². The predicted octanol–water partition coefficient (Wildman–Crippen LogP) is -0.229. The van der Waals surface area contributed by atoms with Crippen molar-refractivity contribution < 1.29 is 9.59 Å². The lowest BCUT2D eigenvalue weighted by Gasteiger charge is -2.34. The van der Waals surface area contributed by atoms with Gasteiger partial charge in [-0.05, 0) is 12.5 Å². The quantitative estimate of drug-likeness (QED) is 0.771. The molecule has 0 aliphatic carbocycles. The maximum absolute atomic E-state index is 12.3. The van der Waals surface area contributed by atoms with Crippen molar-refractivity contribution >= 4 is 11.8 Å². The summed E-state index contributed by atoms with van der Waals surface area (Å²) in [6, 6.07) is 1.30. The van der Waals surface area contributed by atoms with E-state index in [4.69, 9.17) is 0 Å². The van der Waals surface area contributed by atoms with E-state index in [-0.39, 0.29) is 17.9 Å². The van der Waals surface area contributed by atoms with Crippen molar-refractivity contribution in [1.82, 2.24) is 20.0 Å². The first-order valence-electron chi connectivity index (χ1n) is 5.71. The summed E-state index contributed by atoms with van der Waals surface area (Å²) in [5, 5.41) is 6.74. The lowest BCUT2D eigenvalue weighted by molar-refractivity contribution is -0.127. The summed E-state index contributed by atoms with van der Waals surface area (Å²) in [5.41, 5.74) is 0.512. The standard InChI is InChI=1S/C11H16N4O2/c1-3-8-10(16)12-6-7-15(8)11(17)9-4-5-13-14(9)2/h4-5,8H,3,6-7H2,1-2H3,(H,12,16)/t8-/m1/s1. The normalized spacial score (nSPS) is 20.2. The Balaban J connectivity index is 2.24. The summed E-state index contributed by atoms with van der Waals surface area (Å²) in [4.78, 5) is 25.6. The largest absolute Gasteiger partial charge is 0.353 e. The molecule has 2 amide bonds. The number of rotatable bonds is 2. The molecule has 2 heterocycles. The Bertz CT molecular complexity index is 440. The SMILES string of the molecule is CC[C@@H]1C(=O)NCCN1C(=O)c1ccnn1C. The fourth-order valence-corrected chi connectivity index (χ4v) is 2.09. The van der Waals surface area contributed by atoms with Gasteiger partial charge < -0.3 is 10.2 Å². The molecule has 0 saturated carbocycles. The number of carbonyl (C=O) groups is 2. The van der Waals surface area contributed by atoms with E-state index in [9.17, 15) is 9.59 Å². The highest BCUT2D eigenvalue weighted by atomic mass is 16.2. The first-order valence-corrected chi connectivity index (χ1v) is 5.71. The zero-order valence-corrected chi connectivity index (χ0v) is 10.0. The van der Waals surface area contributed by atoms with E-state index >= 15 is 0 Å². The molecule has 17 heavy (non-hydrogen) atoms. The van der Waals surface area contributed by atoms with Gasteiger partial charge in [-0.25, -0.2) is 0 Å². The van der Waals surface area contributed by atoms with Crippen molar-refractivity contribution in [3.8, 4) is 0 Å². The number of nitrogens with zero attached hydrogens (tertiary/aromatic N) is 3. The maximum Gasteiger partial charge on any atom is 0.272 e. The summed E-state index contributed by atoms with van der Waals surface area (Å²) in [6.45, 7) is 2.96. The Morgan fingerprint density at radius 1 is 1.65 bits per heavy atom. The smallest absolute Gasteiger partial charge is 0.272 e. The van der Waals surface area contributed by atoms with Gasteiger partial charge in [0.2, 0.25) is 5.91 Å². The molecule has 6 heteroatoms. The maximum atomic E-state index is 12.3. The van der Waals surface area contributed by atoms with Crippen LogP contribution in [0.5, 0.6) is 0 Å². The van der Waals surface area contributed by atoms with Crippen LogP contribution in [0, 0.1) is 0 Å². The van der Waals surface area contributed by atoms with E-state index in [0.29, 0.717) is 25.2 Å². The van der Waals surface area contributed by atoms with Gasteiger partial charge in [-0.3, -0.25) is 14.3 Å². The van der Waals surface area contributed by atoms with Crippen LogP contribution in [0.2, 0.25) is 0 Å². The molecule has 1 fully saturated rings. The molecule has 0 unspecified atom stereocenters. The van der Waals surface area contributed by atoms with Crippen LogP contribution in [0.3, 0.4) is 0 Å². The number of carbonyl (C=O) groups excluding carboxylic acids is 2. The fraction of sp³-hybridized carbons (Fsp3) is 0.545. The monoisotopic (exact) mass is 236 g/mol. The number of piperazine rings is 1. The van der Waals surface area contributed by atoms with Gasteiger partial charge in [0.1, 0.15) is 11.7 Å². The third-order valence-electron chi connectivity index (χ3n) is 3.02. The molecular formula is C11H16N4O2. The van der Waals surface area contributed by atoms with E-state index in [1.807, 2.05) is 6.92 Å². The first-order chi connectivity index (χ1) is 8.15. The number of aryl methyl sites for hydroxylation is 1. The topological polar surface area (TPSA) is 67.2 Å². The average Bonchev–Trinajstić information content (AvgIpc) is 2.74. The van der Waals surface area contributed by atoms with Gasteiger partial charge >= 0.3 is 0 Å². The Morgan fingerprint density at radius 3 is 3.00 bits per heavy atom. The Morgan fingerprint density at radius 2 is 2.41 bits per heavy atom. The molecule has 1 aromatic rings. The average molecular weight is 236 g/mol. The van der Waals surface area contributed by atoms with Gasteiger partial charge in [0.25, 0.3) is 5.91 Å². The molecule has 0 bridgehead atoms. The highest BCUT2D eigenvalue weighted by Crippen LogP contribution is 2.12. The van der Waals surface area contributed by atoms with E-state index in [1.54, 1.807) is 24.2 Å². The van der Waals surface area contributed by atoms with Crippen LogP contribution in [-0.2, 0) is 11.8 Å². The molecule has 92 valence electrons. The molecule has 0 spiro atoms. The molecule has 1 saturated heterocycles. The Hall–Kier alpha value is -1.85. The van der Waals surface area contributed by atoms with Crippen molar-refractivity contribution in [2.75, 3.05) is 13.1 Å². The lowest BCUT2D eigenvalue weighted by atomic mass is 10.1. The second-order valence-electron chi connectivity index (χ2n) is 4.05. The zero-order chi connectivity index (χ0) is 12.4. The predicted molar refractivity (Wildman–Crippen MR) is 61.3 cm³/mol. The van der Waals surface area contributed by atoms with Gasteiger partial charge in [0, 0.05) is 26.3 Å². The molecule has 1 aliphatic rings. The number of aromatic nitrogens is 2. The zero-order valence-electron chi connectivity index (χ0n) is 10.0. The van der Waals surface area contributed by atoms with Gasteiger partial charge in [-0.2, -0.15) is 5.10 Å². The van der Waals surface area contributed by atoms with E-state index < -0.39 is 0 Å². The minimum atomic E-state index is -0.369. The number of amides is 2. The molecule has 1 atom stereocenters. The number of hydrogen-bond donors (Lipinski definition) is 1. The molecule has 0 aromatic carbocycles. The van der Waals surface area contributed by atoms with Gasteiger partial charge in [-0.1, -0.05) is 6.92 Å². The van der Waals surface area contributed by atoms with Crippen LogP contribution in [0.25, 0.3) is 0 Å². The Labute approximate surface area is 99.6 Å². The molecule has 0 radical (unpaired) electrons. The van der Waals surface area contributed by atoms with Crippen LogP contribution in [-0.4, -0.2) is 45.6 Å². The van der Waals surface area contributed by atoms with Crippen LogP contribution < -0.4 is 5.32 Å². The summed E-state index contributed by atoms with van der Waals surface area (Å²) in [6.07, 6.45) is 2.20. The molecule has 1 N–H and O–H groups in total. The first kappa shape index (κ1) is 11.6. The van der Waals surface area contributed by atoms with Crippen LogP contribution in [0.4, 0.5) is 0 Å². The van der Waals surface area contributed by atoms with E-state index in [1.165, 1.54) is 4.68 Å². The number of nitrogens with one attached hydrogen (secondary N) is 1. The van der Waals surface area contributed by atoms with Crippen molar-refractivity contribution in [1.29, 1.82) is 0 Å². The van der Waals surface area contributed by atoms with E-state index in [0.717, 1.165) is 0 Å². The summed E-state index contributed by atoms with van der Waals surface area (Å²) in [5.74, 6) is -0.207. The second kappa shape index (κ2) is 4.57. The van der Waals surface area contributed by atoms with Gasteiger partial charge in [0.15, 0.2) is 0 Å². The summed E-state index contributed by atoms with van der Waals surface area (Å²) >= 11 is 0. The van der Waals surface area contributed by atoms with Crippen molar-refractivity contribution in [2.24, 2.45) is 7.05 Å². The van der Waals surface area contributed by atoms with Crippen LogP contribution in [0.15, 0.2) is 12.3 Å². The molecule has 2 rings (SSSR count).